The van der Waals surface area contributed by atoms with E-state index in [1.807, 2.05) is 32.0 Å². The predicted octanol–water partition coefficient (Wildman–Crippen LogP) is 6.15. The Morgan fingerprint density at radius 1 is 1.04 bits per heavy atom. The number of alkyl halides is 1. The van der Waals surface area contributed by atoms with Gasteiger partial charge in [-0.2, -0.15) is 0 Å². The zero-order chi connectivity index (χ0) is 17.7. The molecule has 0 N–H and O–H groups in total. The van der Waals surface area contributed by atoms with E-state index < -0.39 is 5.67 Å². The number of rotatable bonds is 3. The second-order valence-electron chi connectivity index (χ2n) is 5.31. The quantitative estimate of drug-likeness (QED) is 0.523. The van der Waals surface area contributed by atoms with Gasteiger partial charge in [-0.3, -0.25) is 0 Å². The van der Waals surface area contributed by atoms with E-state index in [0.29, 0.717) is 15.7 Å². The average molecular weight is 364 g/mol. The number of hydrogen-bond acceptors (Lipinski definition) is 4. The van der Waals surface area contributed by atoms with Gasteiger partial charge in [0.2, 0.25) is 0 Å². The molecule has 0 atom stereocenters. The standard InChI is InChI=1S/C16H13ClFN3S.C2H6/c1-16(2,18)11-6-3-5-10(9-11)14-20-21-15(22-14)12-7-4-8-19-13(12)17;1-2/h3-9H,1-2H3;1-2H3. The van der Waals surface area contributed by atoms with Crippen LogP contribution in [-0.2, 0) is 5.67 Å². The van der Waals surface area contributed by atoms with Crippen molar-refractivity contribution in [3.8, 4) is 21.1 Å². The van der Waals surface area contributed by atoms with Gasteiger partial charge in [-0.15, -0.1) is 10.2 Å². The highest BCUT2D eigenvalue weighted by Crippen LogP contribution is 2.34. The fourth-order valence-corrected chi connectivity index (χ4v) is 3.15. The molecule has 0 aliphatic rings. The highest BCUT2D eigenvalue weighted by molar-refractivity contribution is 7.18. The van der Waals surface area contributed by atoms with Gasteiger partial charge in [-0.1, -0.05) is 55.0 Å². The summed E-state index contributed by atoms with van der Waals surface area (Å²) in [6.45, 7) is 7.07. The monoisotopic (exact) mass is 363 g/mol. The van der Waals surface area contributed by atoms with Crippen LogP contribution in [0.3, 0.4) is 0 Å². The van der Waals surface area contributed by atoms with Crippen molar-refractivity contribution in [1.82, 2.24) is 15.2 Å². The molecule has 0 spiro atoms. The van der Waals surface area contributed by atoms with Crippen LogP contribution in [0.2, 0.25) is 5.15 Å². The van der Waals surface area contributed by atoms with Crippen molar-refractivity contribution in [2.45, 2.75) is 33.4 Å². The summed E-state index contributed by atoms with van der Waals surface area (Å²) in [5, 5.41) is 10.2. The summed E-state index contributed by atoms with van der Waals surface area (Å²) in [4.78, 5) is 4.04. The lowest BCUT2D eigenvalue weighted by Gasteiger charge is -2.14. The van der Waals surface area contributed by atoms with E-state index >= 15 is 0 Å². The maximum atomic E-state index is 14.1. The Morgan fingerprint density at radius 2 is 1.75 bits per heavy atom. The molecule has 0 bridgehead atoms. The Hall–Kier alpha value is -1.85. The molecule has 126 valence electrons. The Kier molecular flexibility index (Phi) is 6.02. The normalized spacial score (nSPS) is 10.9. The summed E-state index contributed by atoms with van der Waals surface area (Å²) in [6.07, 6.45) is 1.63. The van der Waals surface area contributed by atoms with Crippen LogP contribution in [0.15, 0.2) is 42.6 Å². The molecule has 0 unspecified atom stereocenters. The minimum Gasteiger partial charge on any atom is -0.244 e. The molecule has 2 heterocycles. The van der Waals surface area contributed by atoms with Gasteiger partial charge in [-0.25, -0.2) is 9.37 Å². The third-order valence-electron chi connectivity index (χ3n) is 3.21. The molecule has 0 radical (unpaired) electrons. The average Bonchev–Trinajstić information content (AvgIpc) is 3.06. The molecule has 0 amide bonds. The minimum atomic E-state index is -1.39. The van der Waals surface area contributed by atoms with E-state index in [4.69, 9.17) is 11.6 Å². The minimum absolute atomic E-state index is 0.392. The Labute approximate surface area is 150 Å². The van der Waals surface area contributed by atoms with E-state index in [1.54, 1.807) is 24.4 Å². The van der Waals surface area contributed by atoms with E-state index in [-0.39, 0.29) is 0 Å². The molecule has 1 aromatic carbocycles. The molecule has 3 aromatic rings. The third-order valence-corrected chi connectivity index (χ3v) is 4.52. The van der Waals surface area contributed by atoms with Crippen LogP contribution >= 0.6 is 22.9 Å². The van der Waals surface area contributed by atoms with Crippen LogP contribution in [0.1, 0.15) is 33.3 Å². The molecule has 0 aliphatic heterocycles. The van der Waals surface area contributed by atoms with Gasteiger partial charge in [0.15, 0.2) is 5.01 Å². The van der Waals surface area contributed by atoms with Crippen molar-refractivity contribution >= 4 is 22.9 Å². The van der Waals surface area contributed by atoms with E-state index in [0.717, 1.165) is 16.1 Å². The lowest BCUT2D eigenvalue weighted by molar-refractivity contribution is 0.221. The van der Waals surface area contributed by atoms with Gasteiger partial charge in [-0.05, 0) is 37.6 Å². The van der Waals surface area contributed by atoms with Crippen molar-refractivity contribution in [2.24, 2.45) is 0 Å². The van der Waals surface area contributed by atoms with E-state index in [1.165, 1.54) is 25.2 Å². The number of aromatic nitrogens is 3. The van der Waals surface area contributed by atoms with Crippen LogP contribution in [0, 0.1) is 0 Å². The maximum Gasteiger partial charge on any atom is 0.151 e. The zero-order valence-corrected chi connectivity index (χ0v) is 15.6. The van der Waals surface area contributed by atoms with Crippen molar-refractivity contribution in [3.05, 3.63) is 53.3 Å². The zero-order valence-electron chi connectivity index (χ0n) is 14.0. The molecule has 3 rings (SSSR count). The van der Waals surface area contributed by atoms with Crippen LogP contribution in [-0.4, -0.2) is 15.2 Å². The molecule has 0 fully saturated rings. The fraction of sp³-hybridized carbons (Fsp3) is 0.278. The summed E-state index contributed by atoms with van der Waals surface area (Å²) in [6, 6.07) is 10.9. The Morgan fingerprint density at radius 3 is 2.42 bits per heavy atom. The van der Waals surface area contributed by atoms with Crippen LogP contribution in [0.25, 0.3) is 21.1 Å². The van der Waals surface area contributed by atoms with Gasteiger partial charge < -0.3 is 0 Å². The molecule has 0 saturated carbocycles. The lowest BCUT2D eigenvalue weighted by atomic mass is 9.98. The van der Waals surface area contributed by atoms with Gasteiger partial charge in [0, 0.05) is 17.3 Å². The molecule has 6 heteroatoms. The summed E-state index contributed by atoms with van der Waals surface area (Å²) in [7, 11) is 0. The predicted molar refractivity (Wildman–Crippen MR) is 99.1 cm³/mol. The SMILES string of the molecule is CC.CC(C)(F)c1cccc(-c2nnc(-c3cccnc3Cl)s2)c1. The van der Waals surface area contributed by atoms with Crippen LogP contribution in [0.4, 0.5) is 4.39 Å². The first-order valence-corrected chi connectivity index (χ1v) is 8.89. The lowest BCUT2D eigenvalue weighted by Crippen LogP contribution is -2.08. The summed E-state index contributed by atoms with van der Waals surface area (Å²) in [5.41, 5.74) is 0.805. The Bertz CT molecular complexity index is 812. The van der Waals surface area contributed by atoms with Gasteiger partial charge in [0.1, 0.15) is 15.8 Å². The van der Waals surface area contributed by atoms with Crippen LogP contribution < -0.4 is 0 Å². The number of benzene rings is 1. The van der Waals surface area contributed by atoms with Crippen molar-refractivity contribution in [1.29, 1.82) is 0 Å². The molecule has 3 nitrogen and oxygen atoms in total. The second kappa shape index (κ2) is 7.81. The molecule has 0 saturated heterocycles. The van der Waals surface area contributed by atoms with Crippen LogP contribution in [0.5, 0.6) is 0 Å². The fourth-order valence-electron chi connectivity index (χ4n) is 2.02. The van der Waals surface area contributed by atoms with Crippen molar-refractivity contribution < 1.29 is 4.39 Å². The highest BCUT2D eigenvalue weighted by atomic mass is 35.5. The van der Waals surface area contributed by atoms with E-state index in [2.05, 4.69) is 15.2 Å². The first kappa shape index (κ1) is 18.5. The maximum absolute atomic E-state index is 14.1. The molecule has 0 aliphatic carbocycles. The van der Waals surface area contributed by atoms with Gasteiger partial charge in [0.05, 0.1) is 0 Å². The Balaban J connectivity index is 0.00000100. The van der Waals surface area contributed by atoms with Crippen molar-refractivity contribution in [3.63, 3.8) is 0 Å². The van der Waals surface area contributed by atoms with Crippen molar-refractivity contribution in [2.75, 3.05) is 0 Å². The third kappa shape index (κ3) is 4.16. The number of hydrogen-bond donors (Lipinski definition) is 0. The molecular formula is C18H19ClFN3S. The molecular weight excluding hydrogens is 345 g/mol. The van der Waals surface area contributed by atoms with E-state index in [9.17, 15) is 4.39 Å². The first-order chi connectivity index (χ1) is 11.4. The second-order valence-corrected chi connectivity index (χ2v) is 6.64. The first-order valence-electron chi connectivity index (χ1n) is 7.69. The van der Waals surface area contributed by atoms with Gasteiger partial charge >= 0.3 is 0 Å². The topological polar surface area (TPSA) is 38.7 Å². The molecule has 2 aromatic heterocycles. The summed E-state index contributed by atoms with van der Waals surface area (Å²) >= 11 is 7.48. The smallest absolute Gasteiger partial charge is 0.151 e. The number of halogens is 2. The van der Waals surface area contributed by atoms with Gasteiger partial charge in [0.25, 0.3) is 0 Å². The highest BCUT2D eigenvalue weighted by Gasteiger charge is 2.20. The number of pyridine rings is 1. The number of nitrogens with zero attached hydrogens (tertiary/aromatic N) is 3. The summed E-state index contributed by atoms with van der Waals surface area (Å²) < 4.78 is 14.1. The summed E-state index contributed by atoms with van der Waals surface area (Å²) in [5.74, 6) is 0. The molecule has 24 heavy (non-hydrogen) atoms. The largest absolute Gasteiger partial charge is 0.244 e.